The largest absolute Gasteiger partial charge is 0.461 e. The van der Waals surface area contributed by atoms with Crippen molar-refractivity contribution in [2.75, 3.05) is 43.4 Å². The van der Waals surface area contributed by atoms with E-state index in [1.807, 2.05) is 67.6 Å². The van der Waals surface area contributed by atoms with Crippen molar-refractivity contribution in [3.63, 3.8) is 0 Å². The van der Waals surface area contributed by atoms with Crippen LogP contribution in [0.2, 0.25) is 0 Å². The molecule has 0 radical (unpaired) electrons. The molecule has 5 amide bonds. The SMILES string of the molecule is CC(=O)OCc1ccc(CC(=O)OC2/C=C/CCCCC2)c(C(=O)NCCN2C(=O)CC(C)C2=O)c1.CC(=O)OCc1ccc(CC(=O)OC2/C=C/CCCCC2)c(NCCCCCC(N)=O)c1.CCC(=O)NCCCNc1cc(COC(C)=O)ccc1CC(=O)OC1/C=C/CCCCC1. The molecule has 3 aromatic rings. The van der Waals surface area contributed by atoms with Crippen LogP contribution in [-0.2, 0) is 115 Å². The van der Waals surface area contributed by atoms with Gasteiger partial charge in [0.2, 0.25) is 23.6 Å². The lowest BCUT2D eigenvalue weighted by Gasteiger charge is -2.18. The molecule has 1 saturated heterocycles. The number of benzene rings is 3. The molecule has 1 fully saturated rings. The Labute approximate surface area is 589 Å². The van der Waals surface area contributed by atoms with Crippen molar-refractivity contribution in [1.29, 1.82) is 0 Å². The van der Waals surface area contributed by atoms with Gasteiger partial charge in [-0.1, -0.05) is 94.2 Å². The zero-order valence-corrected chi connectivity index (χ0v) is 59.3. The van der Waals surface area contributed by atoms with E-state index < -0.39 is 17.8 Å². The second-order valence-electron chi connectivity index (χ2n) is 25.6. The number of ether oxygens (including phenoxy) is 6. The number of amides is 5. The van der Waals surface area contributed by atoms with Gasteiger partial charge in [-0.15, -0.1) is 0 Å². The summed E-state index contributed by atoms with van der Waals surface area (Å²) in [6.45, 7) is 9.97. The summed E-state index contributed by atoms with van der Waals surface area (Å²) in [5, 5.41) is 12.3. The molecule has 4 aliphatic rings. The first-order valence-corrected chi connectivity index (χ1v) is 35.6. The van der Waals surface area contributed by atoms with Crippen molar-refractivity contribution in [2.24, 2.45) is 11.7 Å². The van der Waals surface area contributed by atoms with Crippen LogP contribution < -0.4 is 27.0 Å². The molecule has 4 unspecified atom stereocenters. The average Bonchev–Trinajstić information content (AvgIpc) is 1.45. The minimum atomic E-state index is -0.458. The third-order valence-electron chi connectivity index (χ3n) is 16.9. The lowest BCUT2D eigenvalue weighted by atomic mass is 10.0. The first-order valence-electron chi connectivity index (χ1n) is 35.6. The summed E-state index contributed by atoms with van der Waals surface area (Å²) >= 11 is 0. The molecule has 0 aromatic heterocycles. The van der Waals surface area contributed by atoms with Gasteiger partial charge >= 0.3 is 35.8 Å². The average molecular weight is 1390 g/mol. The van der Waals surface area contributed by atoms with Crippen molar-refractivity contribution in [3.05, 3.63) is 130 Å². The zero-order valence-electron chi connectivity index (χ0n) is 59.3. The van der Waals surface area contributed by atoms with E-state index in [-0.39, 0.29) is 136 Å². The molecule has 7 rings (SSSR count). The summed E-state index contributed by atoms with van der Waals surface area (Å²) in [6.07, 6.45) is 31.7. The predicted molar refractivity (Wildman–Crippen MR) is 379 cm³/mol. The number of primary amides is 1. The Balaban J connectivity index is 0.000000271. The number of likely N-dealkylation sites (tertiary alicyclic amines) is 1. The number of anilines is 2. The van der Waals surface area contributed by atoms with Gasteiger partial charge in [0, 0.05) is 95.6 Å². The summed E-state index contributed by atoms with van der Waals surface area (Å²) in [5.41, 5.74) is 11.5. The maximum absolute atomic E-state index is 13.0. The fourth-order valence-corrected chi connectivity index (χ4v) is 11.4. The van der Waals surface area contributed by atoms with Crippen molar-refractivity contribution in [3.8, 4) is 0 Å². The van der Waals surface area contributed by atoms with Gasteiger partial charge in [0.15, 0.2) is 0 Å². The van der Waals surface area contributed by atoms with E-state index in [1.165, 1.54) is 33.6 Å². The van der Waals surface area contributed by atoms with Crippen molar-refractivity contribution in [1.82, 2.24) is 15.5 Å². The molecule has 1 heterocycles. The van der Waals surface area contributed by atoms with Crippen LogP contribution in [0.1, 0.15) is 220 Å². The molecule has 0 bridgehead atoms. The van der Waals surface area contributed by atoms with E-state index in [4.69, 9.17) is 34.2 Å². The Kier molecular flexibility index (Phi) is 37.7. The number of unbranched alkanes of at least 4 members (excludes halogenated alkanes) is 2. The van der Waals surface area contributed by atoms with E-state index >= 15 is 0 Å². The highest BCUT2D eigenvalue weighted by Gasteiger charge is 2.35. The number of rotatable bonds is 32. The normalized spacial score (nSPS) is 18.4. The van der Waals surface area contributed by atoms with E-state index in [1.54, 1.807) is 25.1 Å². The molecule has 23 heteroatoms. The van der Waals surface area contributed by atoms with Crippen LogP contribution >= 0.6 is 0 Å². The molecular formula is C77H106N6O17. The van der Waals surface area contributed by atoms with Crippen molar-refractivity contribution in [2.45, 2.75) is 233 Å². The third kappa shape index (κ3) is 33.1. The number of nitrogens with zero attached hydrogens (tertiary/aromatic N) is 1. The molecule has 3 aromatic carbocycles. The Morgan fingerprint density at radius 2 is 0.950 bits per heavy atom. The van der Waals surface area contributed by atoms with Crippen LogP contribution in [0.3, 0.4) is 0 Å². The van der Waals surface area contributed by atoms with Crippen LogP contribution in [0.5, 0.6) is 0 Å². The first-order chi connectivity index (χ1) is 48.1. The van der Waals surface area contributed by atoms with Crippen LogP contribution in [0, 0.1) is 5.92 Å². The molecule has 0 saturated carbocycles. The van der Waals surface area contributed by atoms with Crippen LogP contribution in [0.4, 0.5) is 11.4 Å². The fourth-order valence-electron chi connectivity index (χ4n) is 11.4. The van der Waals surface area contributed by atoms with E-state index in [0.717, 1.165) is 148 Å². The summed E-state index contributed by atoms with van der Waals surface area (Å²) < 4.78 is 32.3. The van der Waals surface area contributed by atoms with Crippen LogP contribution in [0.25, 0.3) is 0 Å². The third-order valence-corrected chi connectivity index (χ3v) is 16.9. The minimum absolute atomic E-state index is 0.0120. The lowest BCUT2D eigenvalue weighted by Crippen LogP contribution is -2.38. The Morgan fingerprint density at radius 1 is 0.510 bits per heavy atom. The lowest BCUT2D eigenvalue weighted by molar-refractivity contribution is -0.147. The summed E-state index contributed by atoms with van der Waals surface area (Å²) in [4.78, 5) is 132. The second-order valence-corrected chi connectivity index (χ2v) is 25.6. The van der Waals surface area contributed by atoms with Crippen molar-refractivity contribution >= 4 is 76.7 Å². The van der Waals surface area contributed by atoms with Gasteiger partial charge in [-0.3, -0.25) is 57.6 Å². The van der Waals surface area contributed by atoms with E-state index in [0.29, 0.717) is 43.6 Å². The highest BCUT2D eigenvalue weighted by Crippen LogP contribution is 2.26. The molecule has 4 atom stereocenters. The maximum atomic E-state index is 13.0. The second kappa shape index (κ2) is 46.2. The molecule has 100 heavy (non-hydrogen) atoms. The number of esters is 6. The molecule has 23 nitrogen and oxygen atoms in total. The quantitative estimate of drug-likeness (QED) is 0.0127. The number of nitrogens with two attached hydrogens (primary N) is 1. The van der Waals surface area contributed by atoms with Crippen LogP contribution in [0.15, 0.2) is 91.1 Å². The van der Waals surface area contributed by atoms with E-state index in [9.17, 15) is 52.7 Å². The standard InChI is InChI=1S/C27H34N2O7.2C25H36N2O5/c1-18-14-24(31)29(27(18)34)13-12-28-26(33)23-15-20(17-35-19(2)30)10-11-21(23)16-25(32)36-22-8-6-4-3-5-7-9-22;1-19(28)31-18-20-13-14-21(23(16-20)27-15-9-5-8-12-24(26)29)17-25(30)32-22-10-6-3-2-4-7-11-22;1-3-24(29)27-15-9-14-26-23-16-20(18-31-19(2)28)12-13-21(23)17-25(30)32-22-10-7-5-4-6-8-11-22/h6,8,10-11,15,18,22H,3-5,7,9,12-14,16-17H2,1-2H3,(H,28,33);6,10,13-14,16,22,27H,2-5,7-9,11-12,15,17-18H2,1H3,(H2,26,29);7,10,12-13,16,22,26H,3-6,8-9,11,14-15,17-18H2,1-2H3,(H,27,29)/b8-6+;10-6+;10-7+. The van der Waals surface area contributed by atoms with Gasteiger partial charge in [-0.2, -0.15) is 0 Å². The predicted octanol–water partition coefficient (Wildman–Crippen LogP) is 11.1. The van der Waals surface area contributed by atoms with Gasteiger partial charge in [0.1, 0.15) is 38.1 Å². The number of hydrogen-bond donors (Lipinski definition) is 5. The fraction of sp³-hybridized carbons (Fsp3) is 0.545. The van der Waals surface area contributed by atoms with Crippen molar-refractivity contribution < 1.29 is 81.2 Å². The van der Waals surface area contributed by atoms with Gasteiger partial charge in [0.25, 0.3) is 5.91 Å². The number of allylic oxidation sites excluding steroid dienone is 3. The highest BCUT2D eigenvalue weighted by atomic mass is 16.6. The van der Waals surface area contributed by atoms with Crippen LogP contribution in [-0.4, -0.2) is 121 Å². The number of carbonyl (C=O) groups is 11. The van der Waals surface area contributed by atoms with Gasteiger partial charge in [-0.25, -0.2) is 0 Å². The molecular weight excluding hydrogens is 1280 g/mol. The topological polar surface area (TPSA) is 321 Å². The van der Waals surface area contributed by atoms with E-state index in [2.05, 4.69) is 33.4 Å². The number of imide groups is 1. The molecule has 6 N–H and O–H groups in total. The van der Waals surface area contributed by atoms with Gasteiger partial charge < -0.3 is 55.4 Å². The Hall–Kier alpha value is -9.15. The number of nitrogens with one attached hydrogen (secondary N) is 4. The summed E-state index contributed by atoms with van der Waals surface area (Å²) in [6, 6.07) is 16.2. The minimum Gasteiger partial charge on any atom is -0.461 e. The highest BCUT2D eigenvalue weighted by molar-refractivity contribution is 6.03. The molecule has 546 valence electrons. The first kappa shape index (κ1) is 81.5. The number of hydrogen-bond acceptors (Lipinski definition) is 19. The molecule has 0 spiro atoms. The monoisotopic (exact) mass is 1390 g/mol. The maximum Gasteiger partial charge on any atom is 0.310 e. The Bertz CT molecular complexity index is 3290. The molecule has 3 aliphatic carbocycles. The van der Waals surface area contributed by atoms with Gasteiger partial charge in [0.05, 0.1) is 19.3 Å². The Morgan fingerprint density at radius 3 is 1.38 bits per heavy atom. The summed E-state index contributed by atoms with van der Waals surface area (Å²) in [5.74, 6) is -3.64. The molecule has 1 aliphatic heterocycles. The smallest absolute Gasteiger partial charge is 0.310 e. The van der Waals surface area contributed by atoms with Gasteiger partial charge in [-0.05, 0) is 166 Å². The number of carbonyl (C=O) groups excluding carboxylic acids is 11. The zero-order chi connectivity index (χ0) is 72.4. The summed E-state index contributed by atoms with van der Waals surface area (Å²) in [7, 11) is 0.